The van der Waals surface area contributed by atoms with Gasteiger partial charge in [-0.25, -0.2) is 9.97 Å². The molecule has 1 aliphatic rings. The van der Waals surface area contributed by atoms with Gasteiger partial charge in [0.1, 0.15) is 18.2 Å². The van der Waals surface area contributed by atoms with E-state index in [4.69, 9.17) is 10.5 Å². The second kappa shape index (κ2) is 4.52. The van der Waals surface area contributed by atoms with Crippen LogP contribution < -0.4 is 15.8 Å². The van der Waals surface area contributed by atoms with Crippen LogP contribution in [0, 0.1) is 0 Å². The fourth-order valence-corrected chi connectivity index (χ4v) is 2.07. The van der Waals surface area contributed by atoms with Crippen LogP contribution in [0.1, 0.15) is 5.56 Å². The van der Waals surface area contributed by atoms with Crippen LogP contribution in [0.5, 0.6) is 5.75 Å². The summed E-state index contributed by atoms with van der Waals surface area (Å²) in [4.78, 5) is 7.94. The lowest BCUT2D eigenvalue weighted by atomic mass is 10.1. The molecule has 0 bridgehead atoms. The van der Waals surface area contributed by atoms with Crippen LogP contribution in [0.25, 0.3) is 0 Å². The normalized spacial score (nSPS) is 17.0. The molecule has 2 aromatic rings. The van der Waals surface area contributed by atoms with Crippen molar-refractivity contribution in [3.8, 4) is 5.75 Å². The zero-order valence-electron chi connectivity index (χ0n) is 9.84. The van der Waals surface area contributed by atoms with E-state index < -0.39 is 0 Å². The number of rotatable bonds is 3. The number of aromatic nitrogens is 2. The molecule has 1 aromatic carbocycles. The highest BCUT2D eigenvalue weighted by atomic mass is 16.5. The average molecular weight is 242 g/mol. The first-order valence-corrected chi connectivity index (χ1v) is 5.87. The molecule has 0 saturated heterocycles. The molecule has 0 saturated carbocycles. The number of nitrogen functional groups attached to an aromatic ring is 1. The molecule has 5 heteroatoms. The molecule has 3 rings (SSSR count). The summed E-state index contributed by atoms with van der Waals surface area (Å²) in [5, 5.41) is 3.19. The number of nitrogens with one attached hydrogen (secondary N) is 1. The van der Waals surface area contributed by atoms with Gasteiger partial charge in [-0.15, -0.1) is 0 Å². The summed E-state index contributed by atoms with van der Waals surface area (Å²) in [6.07, 6.45) is 4.09. The molecule has 0 spiro atoms. The largest absolute Gasteiger partial charge is 0.488 e. The zero-order valence-corrected chi connectivity index (χ0v) is 9.84. The minimum atomic E-state index is 0.122. The number of nitrogens with two attached hydrogens (primary N) is 1. The van der Waals surface area contributed by atoms with Gasteiger partial charge in [-0.05, 0) is 11.6 Å². The minimum absolute atomic E-state index is 0.122. The summed E-state index contributed by atoms with van der Waals surface area (Å²) >= 11 is 0. The molecular formula is C13H14N4O. The van der Waals surface area contributed by atoms with Gasteiger partial charge in [-0.1, -0.05) is 18.2 Å². The quantitative estimate of drug-likeness (QED) is 0.852. The van der Waals surface area contributed by atoms with Crippen molar-refractivity contribution in [2.24, 2.45) is 0 Å². The monoisotopic (exact) mass is 242 g/mol. The maximum absolute atomic E-state index is 5.82. The van der Waals surface area contributed by atoms with Crippen LogP contribution in [0.3, 0.4) is 0 Å². The topological polar surface area (TPSA) is 73.1 Å². The second-order valence-corrected chi connectivity index (χ2v) is 4.26. The smallest absolute Gasteiger partial charge is 0.152 e. The summed E-state index contributed by atoms with van der Waals surface area (Å²) in [6, 6.07) is 8.10. The Hall–Kier alpha value is -2.30. The lowest BCUT2D eigenvalue weighted by Gasteiger charge is -2.13. The van der Waals surface area contributed by atoms with Crippen molar-refractivity contribution < 1.29 is 4.74 Å². The van der Waals surface area contributed by atoms with Crippen molar-refractivity contribution >= 4 is 11.5 Å². The third-order valence-electron chi connectivity index (χ3n) is 2.95. The molecule has 1 unspecified atom stereocenters. The lowest BCUT2D eigenvalue weighted by Crippen LogP contribution is -2.24. The molecule has 0 fully saturated rings. The molecule has 5 nitrogen and oxygen atoms in total. The summed E-state index contributed by atoms with van der Waals surface area (Å²) in [5.41, 5.74) is 7.56. The van der Waals surface area contributed by atoms with Gasteiger partial charge in [0.25, 0.3) is 0 Å². The fraction of sp³-hybridized carbons (Fsp3) is 0.231. The summed E-state index contributed by atoms with van der Waals surface area (Å²) in [7, 11) is 0. The van der Waals surface area contributed by atoms with Gasteiger partial charge in [0.15, 0.2) is 5.82 Å². The third-order valence-corrected chi connectivity index (χ3v) is 2.95. The Kier molecular flexibility index (Phi) is 2.72. The first-order chi connectivity index (χ1) is 8.83. The Bertz CT molecular complexity index is 533. The van der Waals surface area contributed by atoms with Gasteiger partial charge >= 0.3 is 0 Å². The van der Waals surface area contributed by atoms with E-state index in [0.717, 1.165) is 12.2 Å². The minimum Gasteiger partial charge on any atom is -0.488 e. The Morgan fingerprint density at radius 2 is 2.28 bits per heavy atom. The molecular weight excluding hydrogens is 228 g/mol. The predicted octanol–water partition coefficient (Wildman–Crippen LogP) is 1.47. The number of para-hydroxylation sites is 1. The van der Waals surface area contributed by atoms with E-state index in [1.807, 2.05) is 18.2 Å². The maximum Gasteiger partial charge on any atom is 0.152 e. The highest BCUT2D eigenvalue weighted by Crippen LogP contribution is 2.28. The van der Waals surface area contributed by atoms with Crippen LogP contribution in [-0.4, -0.2) is 22.6 Å². The SMILES string of the molecule is Nc1cncnc1NCC1Cc2ccccc2O1. The van der Waals surface area contributed by atoms with E-state index in [1.165, 1.54) is 11.9 Å². The van der Waals surface area contributed by atoms with Gasteiger partial charge in [-0.3, -0.25) is 0 Å². The third kappa shape index (κ3) is 2.07. The molecule has 0 amide bonds. The van der Waals surface area contributed by atoms with Crippen molar-refractivity contribution in [3.05, 3.63) is 42.4 Å². The molecule has 1 atom stereocenters. The molecule has 0 aliphatic carbocycles. The van der Waals surface area contributed by atoms with Crippen LogP contribution in [-0.2, 0) is 6.42 Å². The fourth-order valence-electron chi connectivity index (χ4n) is 2.07. The van der Waals surface area contributed by atoms with Crippen molar-refractivity contribution in [1.82, 2.24) is 9.97 Å². The van der Waals surface area contributed by atoms with Crippen LogP contribution in [0.2, 0.25) is 0 Å². The van der Waals surface area contributed by atoms with Gasteiger partial charge in [0.2, 0.25) is 0 Å². The highest BCUT2D eigenvalue weighted by Gasteiger charge is 2.22. The van der Waals surface area contributed by atoms with Gasteiger partial charge in [0, 0.05) is 6.42 Å². The number of nitrogens with zero attached hydrogens (tertiary/aromatic N) is 2. The number of hydrogen-bond donors (Lipinski definition) is 2. The van der Waals surface area contributed by atoms with Crippen molar-refractivity contribution in [2.75, 3.05) is 17.6 Å². The first-order valence-electron chi connectivity index (χ1n) is 5.87. The summed E-state index contributed by atoms with van der Waals surface area (Å²) in [5.74, 6) is 1.63. The standard InChI is InChI=1S/C13H14N4O/c14-11-7-15-8-17-13(11)16-6-10-5-9-3-1-2-4-12(9)18-10/h1-4,7-8,10H,5-6,14H2,(H,15,16,17). The molecule has 3 N–H and O–H groups in total. The van der Waals surface area contributed by atoms with Gasteiger partial charge in [-0.2, -0.15) is 0 Å². The molecule has 1 aromatic heterocycles. The Morgan fingerprint density at radius 1 is 1.39 bits per heavy atom. The van der Waals surface area contributed by atoms with Crippen molar-refractivity contribution in [1.29, 1.82) is 0 Å². The summed E-state index contributed by atoms with van der Waals surface area (Å²) in [6.45, 7) is 0.676. The van der Waals surface area contributed by atoms with Crippen LogP contribution in [0.15, 0.2) is 36.8 Å². The van der Waals surface area contributed by atoms with Crippen molar-refractivity contribution in [2.45, 2.75) is 12.5 Å². The van der Waals surface area contributed by atoms with Gasteiger partial charge in [0.05, 0.1) is 18.4 Å². The maximum atomic E-state index is 5.82. The molecule has 2 heterocycles. The highest BCUT2D eigenvalue weighted by molar-refractivity contribution is 5.59. The van der Waals surface area contributed by atoms with E-state index in [0.29, 0.717) is 18.1 Å². The zero-order chi connectivity index (χ0) is 12.4. The number of hydrogen-bond acceptors (Lipinski definition) is 5. The second-order valence-electron chi connectivity index (χ2n) is 4.26. The first kappa shape index (κ1) is 10.8. The van der Waals surface area contributed by atoms with Gasteiger partial charge < -0.3 is 15.8 Å². The van der Waals surface area contributed by atoms with E-state index >= 15 is 0 Å². The van der Waals surface area contributed by atoms with E-state index in [9.17, 15) is 0 Å². The molecule has 92 valence electrons. The van der Waals surface area contributed by atoms with Crippen molar-refractivity contribution in [3.63, 3.8) is 0 Å². The van der Waals surface area contributed by atoms with E-state index in [2.05, 4.69) is 21.4 Å². The Balaban J connectivity index is 1.62. The molecule has 0 radical (unpaired) electrons. The number of ether oxygens (including phenoxy) is 1. The predicted molar refractivity (Wildman–Crippen MR) is 69.5 cm³/mol. The Morgan fingerprint density at radius 3 is 3.11 bits per heavy atom. The number of fused-ring (bicyclic) bond motifs is 1. The molecule has 1 aliphatic heterocycles. The summed E-state index contributed by atoms with van der Waals surface area (Å²) < 4.78 is 5.82. The Labute approximate surface area is 105 Å². The lowest BCUT2D eigenvalue weighted by molar-refractivity contribution is 0.246. The molecule has 18 heavy (non-hydrogen) atoms. The number of benzene rings is 1. The van der Waals surface area contributed by atoms with Crippen LogP contribution in [0.4, 0.5) is 11.5 Å². The number of anilines is 2. The van der Waals surface area contributed by atoms with Crippen LogP contribution >= 0.6 is 0 Å². The van der Waals surface area contributed by atoms with E-state index in [-0.39, 0.29) is 6.10 Å². The average Bonchev–Trinajstić information content (AvgIpc) is 2.80. The van der Waals surface area contributed by atoms with E-state index in [1.54, 1.807) is 6.20 Å².